The quantitative estimate of drug-likeness (QED) is 0.848. The van der Waals surface area contributed by atoms with Crippen molar-refractivity contribution < 1.29 is 4.79 Å². The third kappa shape index (κ3) is 3.46. The zero-order chi connectivity index (χ0) is 14.7. The summed E-state index contributed by atoms with van der Waals surface area (Å²) < 4.78 is 0. The van der Waals surface area contributed by atoms with Crippen LogP contribution in [-0.4, -0.2) is 47.0 Å². The Morgan fingerprint density at radius 2 is 1.59 bits per heavy atom. The third-order valence-electron chi connectivity index (χ3n) is 3.56. The van der Waals surface area contributed by atoms with Gasteiger partial charge in [-0.1, -0.05) is 0 Å². The molecule has 1 saturated heterocycles. The van der Waals surface area contributed by atoms with Crippen LogP contribution in [0.4, 0.5) is 11.6 Å². The van der Waals surface area contributed by atoms with E-state index in [2.05, 4.69) is 14.9 Å². The molecule has 3 rings (SSSR count). The standard InChI is InChI=1S/C15H17N5O.ClH/c16-13-4-2-12(3-5-13)14(21)19-8-10-20(11-9-19)15-17-6-1-7-18-15;/h1-7H,8-11,16H2;1H. The Labute approximate surface area is 135 Å². The van der Waals surface area contributed by atoms with Gasteiger partial charge in [0.15, 0.2) is 0 Å². The molecule has 22 heavy (non-hydrogen) atoms. The number of piperazine rings is 1. The van der Waals surface area contributed by atoms with Crippen molar-refractivity contribution in [2.24, 2.45) is 0 Å². The van der Waals surface area contributed by atoms with E-state index in [1.165, 1.54) is 0 Å². The minimum absolute atomic E-state index is 0. The van der Waals surface area contributed by atoms with Gasteiger partial charge in [-0.2, -0.15) is 0 Å². The number of halogens is 1. The molecular weight excluding hydrogens is 302 g/mol. The fourth-order valence-corrected chi connectivity index (χ4v) is 2.37. The highest BCUT2D eigenvalue weighted by molar-refractivity contribution is 5.94. The Morgan fingerprint density at radius 1 is 1.00 bits per heavy atom. The number of anilines is 2. The van der Waals surface area contributed by atoms with E-state index in [-0.39, 0.29) is 18.3 Å². The van der Waals surface area contributed by atoms with Crippen molar-refractivity contribution in [2.45, 2.75) is 0 Å². The summed E-state index contributed by atoms with van der Waals surface area (Å²) in [7, 11) is 0. The van der Waals surface area contributed by atoms with Crippen molar-refractivity contribution in [1.82, 2.24) is 14.9 Å². The van der Waals surface area contributed by atoms with Gasteiger partial charge >= 0.3 is 0 Å². The lowest BCUT2D eigenvalue weighted by atomic mass is 10.1. The van der Waals surface area contributed by atoms with Crippen molar-refractivity contribution in [3.8, 4) is 0 Å². The van der Waals surface area contributed by atoms with Crippen molar-refractivity contribution in [3.63, 3.8) is 0 Å². The SMILES string of the molecule is Cl.Nc1ccc(C(=O)N2CCN(c3ncccn3)CC2)cc1. The minimum Gasteiger partial charge on any atom is -0.399 e. The van der Waals surface area contributed by atoms with Gasteiger partial charge in [-0.05, 0) is 30.3 Å². The van der Waals surface area contributed by atoms with Crippen LogP contribution in [0.5, 0.6) is 0 Å². The molecule has 2 aromatic rings. The first-order chi connectivity index (χ1) is 10.2. The van der Waals surface area contributed by atoms with Crippen molar-refractivity contribution in [2.75, 3.05) is 36.8 Å². The monoisotopic (exact) mass is 319 g/mol. The zero-order valence-electron chi connectivity index (χ0n) is 12.1. The van der Waals surface area contributed by atoms with E-state index >= 15 is 0 Å². The molecule has 6 nitrogen and oxygen atoms in total. The van der Waals surface area contributed by atoms with Crippen LogP contribution in [0.25, 0.3) is 0 Å². The molecule has 0 spiro atoms. The second-order valence-corrected chi connectivity index (χ2v) is 4.95. The van der Waals surface area contributed by atoms with Gasteiger partial charge in [0.25, 0.3) is 5.91 Å². The summed E-state index contributed by atoms with van der Waals surface area (Å²) in [6.07, 6.45) is 3.46. The topological polar surface area (TPSA) is 75.4 Å². The van der Waals surface area contributed by atoms with Crippen LogP contribution in [-0.2, 0) is 0 Å². The van der Waals surface area contributed by atoms with Crippen LogP contribution in [0.15, 0.2) is 42.7 Å². The van der Waals surface area contributed by atoms with E-state index in [9.17, 15) is 4.79 Å². The third-order valence-corrected chi connectivity index (χ3v) is 3.56. The average molecular weight is 320 g/mol. The smallest absolute Gasteiger partial charge is 0.253 e. The van der Waals surface area contributed by atoms with Crippen molar-refractivity contribution in [3.05, 3.63) is 48.3 Å². The maximum atomic E-state index is 12.4. The second kappa shape index (κ2) is 7.09. The van der Waals surface area contributed by atoms with Crippen molar-refractivity contribution in [1.29, 1.82) is 0 Å². The van der Waals surface area contributed by atoms with E-state index in [0.717, 1.165) is 19.0 Å². The Bertz CT molecular complexity index is 612. The van der Waals surface area contributed by atoms with E-state index < -0.39 is 0 Å². The number of amides is 1. The lowest BCUT2D eigenvalue weighted by Gasteiger charge is -2.34. The minimum atomic E-state index is 0. The van der Waals surface area contributed by atoms with Gasteiger partial charge in [0.05, 0.1) is 0 Å². The fraction of sp³-hybridized carbons (Fsp3) is 0.267. The van der Waals surface area contributed by atoms with Gasteiger partial charge in [-0.3, -0.25) is 4.79 Å². The molecule has 1 aliphatic rings. The molecule has 116 valence electrons. The molecule has 0 radical (unpaired) electrons. The van der Waals surface area contributed by atoms with E-state index in [0.29, 0.717) is 24.3 Å². The van der Waals surface area contributed by atoms with Crippen LogP contribution in [0.1, 0.15) is 10.4 Å². The van der Waals surface area contributed by atoms with E-state index in [1.807, 2.05) is 4.90 Å². The summed E-state index contributed by atoms with van der Waals surface area (Å²) in [5.41, 5.74) is 6.98. The van der Waals surface area contributed by atoms with Gasteiger partial charge < -0.3 is 15.5 Å². The normalized spacial score (nSPS) is 14.4. The first-order valence-electron chi connectivity index (χ1n) is 6.91. The molecule has 2 heterocycles. The van der Waals surface area contributed by atoms with Crippen LogP contribution < -0.4 is 10.6 Å². The summed E-state index contributed by atoms with van der Waals surface area (Å²) >= 11 is 0. The molecule has 0 unspecified atom stereocenters. The molecule has 1 aliphatic heterocycles. The number of nitrogens with zero attached hydrogens (tertiary/aromatic N) is 4. The number of rotatable bonds is 2. The number of carbonyl (C=O) groups excluding carboxylic acids is 1. The Hall–Kier alpha value is -2.34. The molecule has 7 heteroatoms. The van der Waals surface area contributed by atoms with Gasteiger partial charge in [-0.25, -0.2) is 9.97 Å². The highest BCUT2D eigenvalue weighted by atomic mass is 35.5. The molecule has 1 amide bonds. The molecule has 1 aromatic carbocycles. The molecule has 1 aromatic heterocycles. The number of aromatic nitrogens is 2. The number of carbonyl (C=O) groups is 1. The molecule has 0 aliphatic carbocycles. The largest absolute Gasteiger partial charge is 0.399 e. The van der Waals surface area contributed by atoms with Gasteiger partial charge in [-0.15, -0.1) is 12.4 Å². The Kier molecular flexibility index (Phi) is 5.16. The molecular formula is C15H18ClN5O. The number of nitrogen functional groups attached to an aromatic ring is 1. The average Bonchev–Trinajstić information content (AvgIpc) is 2.56. The summed E-state index contributed by atoms with van der Waals surface area (Å²) in [5, 5.41) is 0. The molecule has 1 fully saturated rings. The predicted molar refractivity (Wildman–Crippen MR) is 88.3 cm³/mol. The fourth-order valence-electron chi connectivity index (χ4n) is 2.37. The van der Waals surface area contributed by atoms with E-state index in [1.54, 1.807) is 42.7 Å². The lowest BCUT2D eigenvalue weighted by molar-refractivity contribution is 0.0746. The van der Waals surface area contributed by atoms with Crippen LogP contribution in [0, 0.1) is 0 Å². The second-order valence-electron chi connectivity index (χ2n) is 4.95. The van der Waals surface area contributed by atoms with Gasteiger partial charge in [0.2, 0.25) is 5.95 Å². The highest BCUT2D eigenvalue weighted by Crippen LogP contribution is 2.13. The molecule has 0 saturated carbocycles. The number of hydrogen-bond donors (Lipinski definition) is 1. The summed E-state index contributed by atoms with van der Waals surface area (Å²) in [6.45, 7) is 2.82. The predicted octanol–water partition coefficient (Wildman–Crippen LogP) is 1.44. The number of hydrogen-bond acceptors (Lipinski definition) is 5. The van der Waals surface area contributed by atoms with Crippen LogP contribution in [0.2, 0.25) is 0 Å². The summed E-state index contributed by atoms with van der Waals surface area (Å²) in [5.74, 6) is 0.765. The van der Waals surface area contributed by atoms with Crippen molar-refractivity contribution >= 4 is 29.9 Å². The summed E-state index contributed by atoms with van der Waals surface area (Å²) in [4.78, 5) is 24.8. The Balaban J connectivity index is 0.00000176. The first-order valence-corrected chi connectivity index (χ1v) is 6.91. The Morgan fingerprint density at radius 3 is 2.18 bits per heavy atom. The van der Waals surface area contributed by atoms with Crippen LogP contribution in [0.3, 0.4) is 0 Å². The zero-order valence-corrected chi connectivity index (χ0v) is 12.9. The van der Waals surface area contributed by atoms with E-state index in [4.69, 9.17) is 5.73 Å². The molecule has 2 N–H and O–H groups in total. The number of benzene rings is 1. The molecule has 0 atom stereocenters. The molecule has 0 bridgehead atoms. The maximum Gasteiger partial charge on any atom is 0.253 e. The summed E-state index contributed by atoms with van der Waals surface area (Å²) in [6, 6.07) is 8.83. The maximum absolute atomic E-state index is 12.4. The highest BCUT2D eigenvalue weighted by Gasteiger charge is 2.23. The lowest BCUT2D eigenvalue weighted by Crippen LogP contribution is -2.49. The van der Waals surface area contributed by atoms with Gasteiger partial charge in [0.1, 0.15) is 0 Å². The van der Waals surface area contributed by atoms with Gasteiger partial charge in [0, 0.05) is 49.8 Å². The first kappa shape index (κ1) is 16.0. The van der Waals surface area contributed by atoms with Crippen LogP contribution >= 0.6 is 12.4 Å². The number of nitrogens with two attached hydrogens (primary N) is 1.